The smallest absolute Gasteiger partial charge is 0.303 e. The quantitative estimate of drug-likeness (QED) is 0.548. The Morgan fingerprint density at radius 1 is 1.19 bits per heavy atom. The second kappa shape index (κ2) is 10.2. The summed E-state index contributed by atoms with van der Waals surface area (Å²) in [5.74, 6) is 0.196. The number of aliphatic carboxylic acids is 1. The molecule has 1 aliphatic rings. The second-order valence-corrected chi connectivity index (χ2v) is 7.20. The van der Waals surface area contributed by atoms with Gasteiger partial charge in [0.05, 0.1) is 6.42 Å². The Morgan fingerprint density at radius 2 is 1.86 bits per heavy atom. The van der Waals surface area contributed by atoms with E-state index in [1.807, 2.05) is 0 Å². The maximum Gasteiger partial charge on any atom is 0.303 e. The average Bonchev–Trinajstić information content (AvgIpc) is 2.45. The van der Waals surface area contributed by atoms with Gasteiger partial charge in [-0.3, -0.25) is 4.79 Å². The fraction of sp³-hybridized carbons (Fsp3) is 0.944. The van der Waals surface area contributed by atoms with E-state index in [4.69, 9.17) is 5.11 Å². The van der Waals surface area contributed by atoms with Gasteiger partial charge in [-0.15, -0.1) is 0 Å². The van der Waals surface area contributed by atoms with E-state index in [0.717, 1.165) is 31.8 Å². The second-order valence-electron chi connectivity index (χ2n) is 7.20. The summed E-state index contributed by atoms with van der Waals surface area (Å²) in [5.41, 5.74) is 0.0257. The van der Waals surface area contributed by atoms with E-state index in [2.05, 4.69) is 19.2 Å². The van der Waals surface area contributed by atoms with Crippen molar-refractivity contribution in [1.29, 1.82) is 0 Å². The molecule has 1 saturated carbocycles. The molecule has 1 unspecified atom stereocenters. The molecule has 0 saturated heterocycles. The Balaban J connectivity index is 2.20. The minimum atomic E-state index is -0.633. The highest BCUT2D eigenvalue weighted by molar-refractivity contribution is 5.67. The maximum atomic E-state index is 11.1. The SMILES string of the molecule is CCCCC(C)CCCNCC1(CC(=O)O)CCCCC1. The van der Waals surface area contributed by atoms with Gasteiger partial charge in [-0.2, -0.15) is 0 Å². The van der Waals surface area contributed by atoms with E-state index in [1.54, 1.807) is 0 Å². The van der Waals surface area contributed by atoms with E-state index in [0.29, 0.717) is 6.42 Å². The number of unbranched alkanes of at least 4 members (excludes halogenated alkanes) is 1. The first-order valence-electron chi connectivity index (χ1n) is 9.00. The van der Waals surface area contributed by atoms with Crippen molar-refractivity contribution in [2.24, 2.45) is 11.3 Å². The summed E-state index contributed by atoms with van der Waals surface area (Å²) < 4.78 is 0. The van der Waals surface area contributed by atoms with Crippen molar-refractivity contribution in [3.63, 3.8) is 0 Å². The zero-order valence-electron chi connectivity index (χ0n) is 14.1. The monoisotopic (exact) mass is 297 g/mol. The van der Waals surface area contributed by atoms with E-state index in [1.165, 1.54) is 51.4 Å². The minimum absolute atomic E-state index is 0.0257. The van der Waals surface area contributed by atoms with Crippen LogP contribution in [0.1, 0.15) is 84.5 Å². The lowest BCUT2D eigenvalue weighted by molar-refractivity contribution is -0.140. The average molecular weight is 297 g/mol. The van der Waals surface area contributed by atoms with Gasteiger partial charge < -0.3 is 10.4 Å². The van der Waals surface area contributed by atoms with Crippen LogP contribution in [0.3, 0.4) is 0 Å². The number of hydrogen-bond donors (Lipinski definition) is 2. The van der Waals surface area contributed by atoms with Crippen molar-refractivity contribution in [3.05, 3.63) is 0 Å². The molecule has 0 bridgehead atoms. The van der Waals surface area contributed by atoms with Crippen LogP contribution in [0.15, 0.2) is 0 Å². The van der Waals surface area contributed by atoms with Gasteiger partial charge in [0.15, 0.2) is 0 Å². The molecule has 0 spiro atoms. The van der Waals surface area contributed by atoms with Crippen LogP contribution in [0.4, 0.5) is 0 Å². The van der Waals surface area contributed by atoms with Gasteiger partial charge in [0.25, 0.3) is 0 Å². The summed E-state index contributed by atoms with van der Waals surface area (Å²) in [6.45, 7) is 6.53. The van der Waals surface area contributed by atoms with Crippen molar-refractivity contribution >= 4 is 5.97 Å². The predicted octanol–water partition coefficient (Wildman–Crippen LogP) is 4.61. The standard InChI is InChI=1S/C18H35NO2/c1-3-4-9-16(2)10-8-13-19-15-18(14-17(20)21)11-6-5-7-12-18/h16,19H,3-15H2,1-2H3,(H,20,21). The highest BCUT2D eigenvalue weighted by Crippen LogP contribution is 2.38. The summed E-state index contributed by atoms with van der Waals surface area (Å²) in [6.07, 6.45) is 12.7. The third-order valence-electron chi connectivity index (χ3n) is 5.04. The van der Waals surface area contributed by atoms with E-state index >= 15 is 0 Å². The first-order valence-corrected chi connectivity index (χ1v) is 9.00. The molecule has 124 valence electrons. The fourth-order valence-electron chi connectivity index (χ4n) is 3.66. The normalized spacial score (nSPS) is 19.3. The molecule has 1 aliphatic carbocycles. The van der Waals surface area contributed by atoms with Crippen LogP contribution >= 0.6 is 0 Å². The predicted molar refractivity (Wildman–Crippen MR) is 88.6 cm³/mol. The number of carbonyl (C=O) groups is 1. The van der Waals surface area contributed by atoms with Gasteiger partial charge in [0, 0.05) is 6.54 Å². The molecular weight excluding hydrogens is 262 g/mol. The summed E-state index contributed by atoms with van der Waals surface area (Å²) >= 11 is 0. The van der Waals surface area contributed by atoms with Gasteiger partial charge in [-0.05, 0) is 43.6 Å². The van der Waals surface area contributed by atoms with Gasteiger partial charge in [0.2, 0.25) is 0 Å². The molecule has 0 aliphatic heterocycles. The summed E-state index contributed by atoms with van der Waals surface area (Å²) in [5, 5.41) is 12.7. The van der Waals surface area contributed by atoms with Crippen molar-refractivity contribution in [2.75, 3.05) is 13.1 Å². The molecule has 3 nitrogen and oxygen atoms in total. The molecule has 0 radical (unpaired) electrons. The zero-order chi connectivity index (χ0) is 15.6. The topological polar surface area (TPSA) is 49.3 Å². The van der Waals surface area contributed by atoms with Crippen LogP contribution < -0.4 is 5.32 Å². The Morgan fingerprint density at radius 3 is 2.48 bits per heavy atom. The minimum Gasteiger partial charge on any atom is -0.481 e. The van der Waals surface area contributed by atoms with Crippen molar-refractivity contribution in [3.8, 4) is 0 Å². The molecule has 21 heavy (non-hydrogen) atoms. The molecular formula is C18H35NO2. The largest absolute Gasteiger partial charge is 0.481 e. The first kappa shape index (κ1) is 18.5. The van der Waals surface area contributed by atoms with E-state index in [9.17, 15) is 4.79 Å². The lowest BCUT2D eigenvalue weighted by Crippen LogP contribution is -2.38. The Kier molecular flexibility index (Phi) is 8.98. The third-order valence-corrected chi connectivity index (χ3v) is 5.04. The molecule has 1 atom stereocenters. The van der Waals surface area contributed by atoms with Gasteiger partial charge >= 0.3 is 5.97 Å². The summed E-state index contributed by atoms with van der Waals surface area (Å²) in [4.78, 5) is 11.1. The van der Waals surface area contributed by atoms with Gasteiger partial charge in [-0.1, -0.05) is 52.4 Å². The summed E-state index contributed by atoms with van der Waals surface area (Å²) in [6, 6.07) is 0. The number of carboxylic acid groups (broad SMARTS) is 1. The number of carboxylic acids is 1. The highest BCUT2D eigenvalue weighted by atomic mass is 16.4. The van der Waals surface area contributed by atoms with E-state index in [-0.39, 0.29) is 5.41 Å². The molecule has 0 aromatic heterocycles. The van der Waals surface area contributed by atoms with Crippen molar-refractivity contribution in [1.82, 2.24) is 5.32 Å². The molecule has 0 aromatic carbocycles. The van der Waals surface area contributed by atoms with Crippen LogP contribution in [-0.4, -0.2) is 24.2 Å². The number of rotatable bonds is 11. The van der Waals surface area contributed by atoms with Crippen molar-refractivity contribution in [2.45, 2.75) is 84.5 Å². The Bertz CT molecular complexity index is 285. The molecule has 1 fully saturated rings. The van der Waals surface area contributed by atoms with Gasteiger partial charge in [-0.25, -0.2) is 0 Å². The van der Waals surface area contributed by atoms with Crippen LogP contribution in [0.5, 0.6) is 0 Å². The fourth-order valence-corrected chi connectivity index (χ4v) is 3.66. The Labute approximate surface area is 130 Å². The van der Waals surface area contributed by atoms with Crippen LogP contribution in [0.2, 0.25) is 0 Å². The number of hydrogen-bond acceptors (Lipinski definition) is 2. The van der Waals surface area contributed by atoms with Crippen LogP contribution in [-0.2, 0) is 4.79 Å². The van der Waals surface area contributed by atoms with Gasteiger partial charge in [0.1, 0.15) is 0 Å². The lowest BCUT2D eigenvalue weighted by atomic mass is 9.71. The highest BCUT2D eigenvalue weighted by Gasteiger charge is 2.33. The molecule has 2 N–H and O–H groups in total. The van der Waals surface area contributed by atoms with Crippen LogP contribution in [0, 0.1) is 11.3 Å². The maximum absolute atomic E-state index is 11.1. The lowest BCUT2D eigenvalue weighted by Gasteiger charge is -2.36. The molecule has 3 heteroatoms. The zero-order valence-corrected chi connectivity index (χ0v) is 14.1. The van der Waals surface area contributed by atoms with E-state index < -0.39 is 5.97 Å². The third kappa shape index (κ3) is 7.85. The van der Waals surface area contributed by atoms with Crippen LogP contribution in [0.25, 0.3) is 0 Å². The molecule has 0 aromatic rings. The molecule has 0 heterocycles. The number of nitrogens with one attached hydrogen (secondary N) is 1. The molecule has 0 amide bonds. The molecule has 1 rings (SSSR count). The Hall–Kier alpha value is -0.570. The summed E-state index contributed by atoms with van der Waals surface area (Å²) in [7, 11) is 0. The first-order chi connectivity index (χ1) is 10.1. The van der Waals surface area contributed by atoms with Crippen molar-refractivity contribution < 1.29 is 9.90 Å².